The zero-order valence-electron chi connectivity index (χ0n) is 12.4. The molecule has 116 valence electrons. The molecule has 6 heteroatoms. The van der Waals surface area contributed by atoms with E-state index < -0.39 is 12.1 Å². The molecule has 1 aliphatic rings. The van der Waals surface area contributed by atoms with Gasteiger partial charge in [-0.15, -0.1) is 0 Å². The highest BCUT2D eigenvalue weighted by Crippen LogP contribution is 2.23. The molecule has 1 fully saturated rings. The second-order valence-electron chi connectivity index (χ2n) is 5.60. The standard InChI is InChI=1S/C14H28N4O2/c1-2-3-7-12(18-14(16)20)13(19)17-11-8-5-4-6-10(11)9-15/h10-12H,2-9,15H2,1H3,(H,17,19)(H3,16,18,20). The van der Waals surface area contributed by atoms with E-state index in [-0.39, 0.29) is 11.9 Å². The van der Waals surface area contributed by atoms with Crippen molar-refractivity contribution in [3.8, 4) is 0 Å². The minimum absolute atomic E-state index is 0.125. The second kappa shape index (κ2) is 8.79. The van der Waals surface area contributed by atoms with Gasteiger partial charge in [0.05, 0.1) is 0 Å². The number of carbonyl (C=O) groups is 2. The molecule has 6 nitrogen and oxygen atoms in total. The third-order valence-corrected chi connectivity index (χ3v) is 4.02. The van der Waals surface area contributed by atoms with Gasteiger partial charge in [0.15, 0.2) is 0 Å². The minimum atomic E-state index is -0.653. The normalized spacial score (nSPS) is 23.9. The van der Waals surface area contributed by atoms with Gasteiger partial charge in [0.2, 0.25) is 5.91 Å². The SMILES string of the molecule is CCCCC(NC(N)=O)C(=O)NC1CCCCC1CN. The van der Waals surface area contributed by atoms with Crippen molar-refractivity contribution >= 4 is 11.9 Å². The van der Waals surface area contributed by atoms with Crippen LogP contribution in [-0.2, 0) is 4.79 Å². The van der Waals surface area contributed by atoms with Gasteiger partial charge in [0.25, 0.3) is 0 Å². The molecule has 0 aromatic carbocycles. The minimum Gasteiger partial charge on any atom is -0.352 e. The van der Waals surface area contributed by atoms with E-state index in [9.17, 15) is 9.59 Å². The van der Waals surface area contributed by atoms with Gasteiger partial charge in [0, 0.05) is 6.04 Å². The molecule has 0 aromatic heterocycles. The molecule has 0 aromatic rings. The Kier molecular flexibility index (Phi) is 7.36. The van der Waals surface area contributed by atoms with Crippen molar-refractivity contribution in [2.45, 2.75) is 64.0 Å². The van der Waals surface area contributed by atoms with Crippen LogP contribution in [-0.4, -0.2) is 30.6 Å². The Morgan fingerprint density at radius 2 is 2.00 bits per heavy atom. The van der Waals surface area contributed by atoms with Crippen LogP contribution in [0.25, 0.3) is 0 Å². The lowest BCUT2D eigenvalue weighted by atomic mass is 9.84. The molecule has 1 aliphatic carbocycles. The monoisotopic (exact) mass is 284 g/mol. The summed E-state index contributed by atoms with van der Waals surface area (Å²) in [6.07, 6.45) is 6.78. The Labute approximate surface area is 121 Å². The first-order valence-electron chi connectivity index (χ1n) is 7.64. The fourth-order valence-corrected chi connectivity index (χ4v) is 2.81. The van der Waals surface area contributed by atoms with E-state index in [1.165, 1.54) is 6.42 Å². The number of hydrogen-bond donors (Lipinski definition) is 4. The quantitative estimate of drug-likeness (QED) is 0.556. The summed E-state index contributed by atoms with van der Waals surface area (Å²) >= 11 is 0. The first-order chi connectivity index (χ1) is 9.58. The maximum atomic E-state index is 12.3. The van der Waals surface area contributed by atoms with Gasteiger partial charge in [0.1, 0.15) is 6.04 Å². The molecule has 3 unspecified atom stereocenters. The first-order valence-corrected chi connectivity index (χ1v) is 7.64. The zero-order chi connectivity index (χ0) is 15.0. The van der Waals surface area contributed by atoms with Gasteiger partial charge < -0.3 is 22.1 Å². The van der Waals surface area contributed by atoms with E-state index in [2.05, 4.69) is 10.6 Å². The summed E-state index contributed by atoms with van der Waals surface area (Å²) in [5, 5.41) is 5.58. The molecule has 1 saturated carbocycles. The molecule has 0 heterocycles. The van der Waals surface area contributed by atoms with E-state index in [4.69, 9.17) is 11.5 Å². The topological polar surface area (TPSA) is 110 Å². The summed E-state index contributed by atoms with van der Waals surface area (Å²) in [5.41, 5.74) is 10.9. The number of amides is 3. The van der Waals surface area contributed by atoms with Crippen LogP contribution in [0, 0.1) is 5.92 Å². The van der Waals surface area contributed by atoms with Crippen molar-refractivity contribution in [1.82, 2.24) is 10.6 Å². The molecule has 3 amide bonds. The molecular weight excluding hydrogens is 256 g/mol. The van der Waals surface area contributed by atoms with Crippen molar-refractivity contribution < 1.29 is 9.59 Å². The van der Waals surface area contributed by atoms with Crippen LogP contribution in [0.2, 0.25) is 0 Å². The summed E-state index contributed by atoms with van der Waals surface area (Å²) in [5.74, 6) is 0.204. The lowest BCUT2D eigenvalue weighted by molar-refractivity contribution is -0.124. The Balaban J connectivity index is 2.56. The zero-order valence-corrected chi connectivity index (χ0v) is 12.4. The highest BCUT2D eigenvalue weighted by molar-refractivity contribution is 5.86. The lowest BCUT2D eigenvalue weighted by Gasteiger charge is -2.32. The summed E-state index contributed by atoms with van der Waals surface area (Å²) < 4.78 is 0. The summed E-state index contributed by atoms with van der Waals surface area (Å²) in [6.45, 7) is 2.64. The van der Waals surface area contributed by atoms with Gasteiger partial charge in [-0.25, -0.2) is 4.79 Å². The molecule has 1 rings (SSSR count). The van der Waals surface area contributed by atoms with Gasteiger partial charge in [-0.2, -0.15) is 0 Å². The molecule has 0 aliphatic heterocycles. The van der Waals surface area contributed by atoms with E-state index in [1.54, 1.807) is 0 Å². The highest BCUT2D eigenvalue weighted by atomic mass is 16.2. The fourth-order valence-electron chi connectivity index (χ4n) is 2.81. The largest absolute Gasteiger partial charge is 0.352 e. The molecular formula is C14H28N4O2. The molecule has 0 spiro atoms. The van der Waals surface area contributed by atoms with E-state index >= 15 is 0 Å². The van der Waals surface area contributed by atoms with Crippen molar-refractivity contribution in [3.63, 3.8) is 0 Å². The van der Waals surface area contributed by atoms with Crippen LogP contribution in [0.1, 0.15) is 51.9 Å². The van der Waals surface area contributed by atoms with Crippen molar-refractivity contribution in [3.05, 3.63) is 0 Å². The summed E-state index contributed by atoms with van der Waals surface area (Å²) in [6, 6.07) is -1.06. The van der Waals surface area contributed by atoms with Gasteiger partial charge >= 0.3 is 6.03 Å². The van der Waals surface area contributed by atoms with Crippen LogP contribution in [0.5, 0.6) is 0 Å². The van der Waals surface area contributed by atoms with Crippen molar-refractivity contribution in [1.29, 1.82) is 0 Å². The predicted octanol–water partition coefficient (Wildman–Crippen LogP) is 0.847. The van der Waals surface area contributed by atoms with Crippen molar-refractivity contribution in [2.24, 2.45) is 17.4 Å². The maximum Gasteiger partial charge on any atom is 0.312 e. The van der Waals surface area contributed by atoms with Gasteiger partial charge in [-0.05, 0) is 31.7 Å². The first kappa shape index (κ1) is 16.8. The molecule has 3 atom stereocenters. The third kappa shape index (κ3) is 5.36. The predicted molar refractivity (Wildman–Crippen MR) is 79.0 cm³/mol. The number of nitrogens with one attached hydrogen (secondary N) is 2. The summed E-state index contributed by atoms with van der Waals surface area (Å²) in [4.78, 5) is 23.3. The number of carbonyl (C=O) groups excluding carboxylic acids is 2. The molecule has 0 bridgehead atoms. The smallest absolute Gasteiger partial charge is 0.312 e. The third-order valence-electron chi connectivity index (χ3n) is 4.02. The molecule has 0 saturated heterocycles. The molecule has 0 radical (unpaired) electrons. The van der Waals surface area contributed by atoms with Crippen LogP contribution >= 0.6 is 0 Å². The number of rotatable bonds is 7. The Hall–Kier alpha value is -1.30. The van der Waals surface area contributed by atoms with E-state index in [0.717, 1.165) is 32.1 Å². The average Bonchev–Trinajstić information content (AvgIpc) is 2.43. The van der Waals surface area contributed by atoms with Gasteiger partial charge in [-0.1, -0.05) is 32.6 Å². The number of unbranched alkanes of at least 4 members (excludes halogenated alkanes) is 1. The van der Waals surface area contributed by atoms with Crippen molar-refractivity contribution in [2.75, 3.05) is 6.54 Å². The van der Waals surface area contributed by atoms with Crippen LogP contribution in [0.15, 0.2) is 0 Å². The number of urea groups is 1. The Morgan fingerprint density at radius 1 is 1.30 bits per heavy atom. The molecule has 6 N–H and O–H groups in total. The average molecular weight is 284 g/mol. The fraction of sp³-hybridized carbons (Fsp3) is 0.857. The van der Waals surface area contributed by atoms with Gasteiger partial charge in [-0.3, -0.25) is 4.79 Å². The van der Waals surface area contributed by atoms with Crippen LogP contribution in [0.3, 0.4) is 0 Å². The number of nitrogens with two attached hydrogens (primary N) is 2. The van der Waals surface area contributed by atoms with Crippen LogP contribution in [0.4, 0.5) is 4.79 Å². The summed E-state index contributed by atoms with van der Waals surface area (Å²) in [7, 11) is 0. The highest BCUT2D eigenvalue weighted by Gasteiger charge is 2.28. The lowest BCUT2D eigenvalue weighted by Crippen LogP contribution is -2.53. The van der Waals surface area contributed by atoms with Crippen LogP contribution < -0.4 is 22.1 Å². The van der Waals surface area contributed by atoms with E-state index in [1.807, 2.05) is 6.92 Å². The molecule has 20 heavy (non-hydrogen) atoms. The maximum absolute atomic E-state index is 12.3. The number of primary amides is 1. The Morgan fingerprint density at radius 3 is 2.60 bits per heavy atom. The van der Waals surface area contributed by atoms with E-state index in [0.29, 0.717) is 18.9 Å². The second-order valence-corrected chi connectivity index (χ2v) is 5.60. The Bertz CT molecular complexity index is 322. The number of hydrogen-bond acceptors (Lipinski definition) is 3.